The predicted molar refractivity (Wildman–Crippen MR) is 111 cm³/mol. The molecule has 1 fully saturated rings. The second kappa shape index (κ2) is 6.92. The van der Waals surface area contributed by atoms with Crippen LogP contribution in [0.3, 0.4) is 0 Å². The van der Waals surface area contributed by atoms with Crippen molar-refractivity contribution in [2.75, 3.05) is 14.2 Å². The highest BCUT2D eigenvalue weighted by molar-refractivity contribution is 6.17. The number of rotatable bonds is 5. The first-order chi connectivity index (χ1) is 13.8. The Hall–Kier alpha value is -3.35. The van der Waals surface area contributed by atoms with Gasteiger partial charge in [0.1, 0.15) is 29.1 Å². The number of likely N-dealkylation sites (tertiary alicyclic amines) is 1. The first kappa shape index (κ1) is 19.0. The van der Waals surface area contributed by atoms with Crippen molar-refractivity contribution in [3.8, 4) is 11.5 Å². The Morgan fingerprint density at radius 3 is 2.41 bits per heavy atom. The van der Waals surface area contributed by atoms with Crippen molar-refractivity contribution in [1.29, 1.82) is 5.41 Å². The quantitative estimate of drug-likeness (QED) is 0.693. The molecule has 0 amide bonds. The molecule has 7 heteroatoms. The van der Waals surface area contributed by atoms with Gasteiger partial charge >= 0.3 is 0 Å². The molecule has 1 aromatic heterocycles. The lowest BCUT2D eigenvalue weighted by Crippen LogP contribution is -2.43. The molecule has 2 aromatic carbocycles. The fraction of sp³-hybridized carbons (Fsp3) is 0.318. The van der Waals surface area contributed by atoms with E-state index in [4.69, 9.17) is 14.9 Å². The van der Waals surface area contributed by atoms with Crippen LogP contribution in [0.25, 0.3) is 11.0 Å². The number of H-pyrrole nitrogens is 1. The SMILES string of the molecule is COc1cc(CN2C(=N)C(c3nc4ccccc4[nH]3)C(=O)C2(C)C)cc(OC)c1. The number of nitrogens with one attached hydrogen (secondary N) is 2. The van der Waals surface area contributed by atoms with Crippen molar-refractivity contribution in [1.82, 2.24) is 14.9 Å². The molecule has 7 nitrogen and oxygen atoms in total. The summed E-state index contributed by atoms with van der Waals surface area (Å²) in [4.78, 5) is 22.9. The number of methoxy groups -OCH3 is 2. The van der Waals surface area contributed by atoms with Gasteiger partial charge in [0, 0.05) is 12.6 Å². The van der Waals surface area contributed by atoms with Gasteiger partial charge < -0.3 is 19.4 Å². The zero-order valence-corrected chi connectivity index (χ0v) is 16.9. The van der Waals surface area contributed by atoms with Gasteiger partial charge in [-0.1, -0.05) is 12.1 Å². The van der Waals surface area contributed by atoms with Crippen LogP contribution in [0.2, 0.25) is 0 Å². The van der Waals surface area contributed by atoms with Gasteiger partial charge in [0.15, 0.2) is 5.78 Å². The van der Waals surface area contributed by atoms with E-state index in [1.165, 1.54) is 0 Å². The maximum atomic E-state index is 13.3. The number of benzene rings is 2. The number of para-hydroxylation sites is 2. The molecule has 0 saturated carbocycles. The fourth-order valence-corrected chi connectivity index (χ4v) is 3.85. The highest BCUT2D eigenvalue weighted by atomic mass is 16.5. The molecular formula is C22H24N4O3. The Morgan fingerprint density at radius 2 is 1.79 bits per heavy atom. The van der Waals surface area contributed by atoms with Crippen LogP contribution in [-0.4, -0.2) is 46.2 Å². The smallest absolute Gasteiger partial charge is 0.175 e. The number of carbonyl (C=O) groups is 1. The highest BCUT2D eigenvalue weighted by Crippen LogP contribution is 2.38. The summed E-state index contributed by atoms with van der Waals surface area (Å²) >= 11 is 0. The number of aromatic nitrogens is 2. The van der Waals surface area contributed by atoms with Crippen molar-refractivity contribution in [3.05, 3.63) is 53.9 Å². The summed E-state index contributed by atoms with van der Waals surface area (Å²) in [5.74, 6) is 1.33. The van der Waals surface area contributed by atoms with Crippen LogP contribution in [0.4, 0.5) is 0 Å². The summed E-state index contributed by atoms with van der Waals surface area (Å²) in [6.07, 6.45) is 0. The number of ether oxygens (including phenoxy) is 2. The molecule has 3 aromatic rings. The molecule has 0 spiro atoms. The first-order valence-electron chi connectivity index (χ1n) is 9.42. The number of aromatic amines is 1. The average Bonchev–Trinajstić information content (AvgIpc) is 3.20. The second-order valence-electron chi connectivity index (χ2n) is 7.69. The summed E-state index contributed by atoms with van der Waals surface area (Å²) in [7, 11) is 3.20. The Morgan fingerprint density at radius 1 is 1.14 bits per heavy atom. The molecule has 29 heavy (non-hydrogen) atoms. The maximum Gasteiger partial charge on any atom is 0.175 e. The van der Waals surface area contributed by atoms with E-state index in [-0.39, 0.29) is 11.6 Å². The molecule has 150 valence electrons. The normalized spacial score (nSPS) is 18.5. The lowest BCUT2D eigenvalue weighted by Gasteiger charge is -2.31. The molecule has 1 atom stereocenters. The van der Waals surface area contributed by atoms with Crippen LogP contribution < -0.4 is 9.47 Å². The topological polar surface area (TPSA) is 91.3 Å². The standard InChI is InChI=1S/C22H24N4O3/c1-22(2)19(27)18(21-24-16-7-5-6-8-17(16)25-21)20(23)26(22)12-13-9-14(28-3)11-15(10-13)29-4/h5-11,18,23H,12H2,1-4H3,(H,24,25). The fourth-order valence-electron chi connectivity index (χ4n) is 3.85. The molecule has 0 radical (unpaired) electrons. The zero-order valence-electron chi connectivity index (χ0n) is 16.9. The Bertz CT molecular complexity index is 1050. The van der Waals surface area contributed by atoms with Gasteiger partial charge in [0.2, 0.25) is 0 Å². The van der Waals surface area contributed by atoms with Crippen LogP contribution in [0.15, 0.2) is 42.5 Å². The van der Waals surface area contributed by atoms with Crippen molar-refractivity contribution in [3.63, 3.8) is 0 Å². The molecule has 1 aliphatic heterocycles. The number of hydrogen-bond acceptors (Lipinski definition) is 5. The van der Waals surface area contributed by atoms with Gasteiger partial charge in [-0.15, -0.1) is 0 Å². The van der Waals surface area contributed by atoms with E-state index in [1.54, 1.807) is 20.3 Å². The third-order valence-corrected chi connectivity index (χ3v) is 5.54. The van der Waals surface area contributed by atoms with Crippen molar-refractivity contribution in [2.45, 2.75) is 31.8 Å². The lowest BCUT2D eigenvalue weighted by atomic mass is 9.93. The summed E-state index contributed by atoms with van der Waals surface area (Å²) in [6, 6.07) is 13.2. The van der Waals surface area contributed by atoms with E-state index in [0.29, 0.717) is 23.9 Å². The molecule has 1 unspecified atom stereocenters. The third kappa shape index (κ3) is 3.12. The van der Waals surface area contributed by atoms with Crippen LogP contribution in [0.5, 0.6) is 11.5 Å². The summed E-state index contributed by atoms with van der Waals surface area (Å²) in [6.45, 7) is 4.09. The third-order valence-electron chi connectivity index (χ3n) is 5.54. The number of nitrogens with zero attached hydrogens (tertiary/aromatic N) is 2. The maximum absolute atomic E-state index is 13.3. The molecule has 2 N–H and O–H groups in total. The molecule has 2 heterocycles. The second-order valence-corrected chi connectivity index (χ2v) is 7.69. The number of carbonyl (C=O) groups excluding carboxylic acids is 1. The highest BCUT2D eigenvalue weighted by Gasteiger charge is 2.52. The number of hydrogen-bond donors (Lipinski definition) is 2. The summed E-state index contributed by atoms with van der Waals surface area (Å²) in [5, 5.41) is 8.79. The van der Waals surface area contributed by atoms with Gasteiger partial charge in [-0.25, -0.2) is 4.98 Å². The number of fused-ring (bicyclic) bond motifs is 1. The lowest BCUT2D eigenvalue weighted by molar-refractivity contribution is -0.124. The van der Waals surface area contributed by atoms with E-state index in [2.05, 4.69) is 9.97 Å². The van der Waals surface area contributed by atoms with Crippen LogP contribution >= 0.6 is 0 Å². The minimum Gasteiger partial charge on any atom is -0.497 e. The summed E-state index contributed by atoms with van der Waals surface area (Å²) < 4.78 is 10.7. The number of amidine groups is 1. The molecular weight excluding hydrogens is 368 g/mol. The largest absolute Gasteiger partial charge is 0.497 e. The van der Waals surface area contributed by atoms with E-state index < -0.39 is 11.5 Å². The first-order valence-corrected chi connectivity index (χ1v) is 9.42. The van der Waals surface area contributed by atoms with Crippen LogP contribution in [0.1, 0.15) is 31.2 Å². The minimum atomic E-state index is -0.836. The number of imidazole rings is 1. The summed E-state index contributed by atoms with van der Waals surface area (Å²) in [5.41, 5.74) is 1.71. The molecule has 0 aliphatic carbocycles. The Kier molecular flexibility index (Phi) is 4.53. The van der Waals surface area contributed by atoms with Gasteiger partial charge in [0.25, 0.3) is 0 Å². The van der Waals surface area contributed by atoms with E-state index in [9.17, 15) is 4.79 Å². The average molecular weight is 392 g/mol. The predicted octanol–water partition coefficient (Wildman–Crippen LogP) is 3.50. The van der Waals surface area contributed by atoms with Crippen molar-refractivity contribution < 1.29 is 14.3 Å². The van der Waals surface area contributed by atoms with Crippen LogP contribution in [-0.2, 0) is 11.3 Å². The molecule has 4 rings (SSSR count). The van der Waals surface area contributed by atoms with Crippen molar-refractivity contribution in [2.24, 2.45) is 0 Å². The number of ketones is 1. The molecule has 1 saturated heterocycles. The monoisotopic (exact) mass is 392 g/mol. The Balaban J connectivity index is 1.70. The van der Waals surface area contributed by atoms with Gasteiger partial charge in [0.05, 0.1) is 30.8 Å². The molecule has 1 aliphatic rings. The zero-order chi connectivity index (χ0) is 20.8. The van der Waals surface area contributed by atoms with Crippen molar-refractivity contribution >= 4 is 22.7 Å². The van der Waals surface area contributed by atoms with E-state index in [1.807, 2.05) is 55.1 Å². The van der Waals surface area contributed by atoms with Gasteiger partial charge in [-0.2, -0.15) is 0 Å². The van der Waals surface area contributed by atoms with Gasteiger partial charge in [-0.05, 0) is 43.7 Å². The number of Topliss-reactive ketones (excluding diaryl/α,β-unsaturated/α-hetero) is 1. The van der Waals surface area contributed by atoms with E-state index in [0.717, 1.165) is 16.6 Å². The van der Waals surface area contributed by atoms with E-state index >= 15 is 0 Å². The minimum absolute atomic E-state index is 0.0450. The van der Waals surface area contributed by atoms with Gasteiger partial charge in [-0.3, -0.25) is 10.2 Å². The molecule has 0 bridgehead atoms. The Labute approximate surface area is 169 Å². The van der Waals surface area contributed by atoms with Crippen LogP contribution in [0, 0.1) is 5.41 Å².